The highest BCUT2D eigenvalue weighted by atomic mass is 32.1. The van der Waals surface area contributed by atoms with E-state index in [0.29, 0.717) is 6.54 Å². The van der Waals surface area contributed by atoms with Gasteiger partial charge >= 0.3 is 0 Å². The van der Waals surface area contributed by atoms with Crippen molar-refractivity contribution in [1.82, 2.24) is 14.9 Å². The smallest absolute Gasteiger partial charge is 0.120 e. The molecule has 1 heterocycles. The predicted molar refractivity (Wildman–Crippen MR) is 110 cm³/mol. The van der Waals surface area contributed by atoms with Crippen molar-refractivity contribution in [3.05, 3.63) is 54.6 Å². The van der Waals surface area contributed by atoms with Gasteiger partial charge in [-0.2, -0.15) is 0 Å². The van der Waals surface area contributed by atoms with Crippen LogP contribution < -0.4 is 10.1 Å². The number of hydrogen-bond donors (Lipinski definition) is 2. The molecule has 0 aliphatic rings. The maximum atomic E-state index is 10.1. The molecule has 0 aliphatic heterocycles. The number of aromatic nitrogens is 2. The van der Waals surface area contributed by atoms with E-state index in [4.69, 9.17) is 4.74 Å². The minimum absolute atomic E-state index is 0.0338. The van der Waals surface area contributed by atoms with Crippen molar-refractivity contribution < 1.29 is 9.84 Å². The van der Waals surface area contributed by atoms with E-state index in [2.05, 4.69) is 35.7 Å². The van der Waals surface area contributed by atoms with E-state index >= 15 is 0 Å². The number of aliphatic hydroxyl groups excluding tert-OH is 1. The van der Waals surface area contributed by atoms with Gasteiger partial charge in [-0.05, 0) is 50.0 Å². The van der Waals surface area contributed by atoms with E-state index in [0.717, 1.165) is 27.4 Å². The summed E-state index contributed by atoms with van der Waals surface area (Å²) in [4.78, 5) is 1.00. The number of nitrogens with zero attached hydrogens (tertiary/aromatic N) is 2. The number of hydrogen-bond acceptors (Lipinski definition) is 6. The number of nitrogens with one attached hydrogen (secondary N) is 1. The van der Waals surface area contributed by atoms with Crippen LogP contribution in [0.3, 0.4) is 0 Å². The highest BCUT2D eigenvalue weighted by molar-refractivity contribution is 7.09. The third-order valence-electron chi connectivity index (χ3n) is 3.94. The Labute approximate surface area is 164 Å². The number of ether oxygens (including phenoxy) is 1. The normalized spacial score (nSPS) is 12.7. The Balaban J connectivity index is 1.69. The van der Waals surface area contributed by atoms with Crippen LogP contribution in [0.15, 0.2) is 54.6 Å². The van der Waals surface area contributed by atoms with E-state index in [9.17, 15) is 5.11 Å². The molecule has 1 unspecified atom stereocenters. The van der Waals surface area contributed by atoms with E-state index < -0.39 is 6.10 Å². The van der Waals surface area contributed by atoms with Crippen molar-refractivity contribution in [2.75, 3.05) is 13.2 Å². The van der Waals surface area contributed by atoms with Gasteiger partial charge in [0.05, 0.1) is 4.88 Å². The first-order valence-corrected chi connectivity index (χ1v) is 9.74. The van der Waals surface area contributed by atoms with Crippen molar-refractivity contribution in [2.24, 2.45) is 0 Å². The van der Waals surface area contributed by atoms with Crippen LogP contribution in [0, 0.1) is 0 Å². The lowest BCUT2D eigenvalue weighted by Gasteiger charge is -2.23. The summed E-state index contributed by atoms with van der Waals surface area (Å²) in [7, 11) is 0. The molecule has 142 valence electrons. The SMILES string of the molecule is CC(C)(C)NCC(O)COc1cccc(-c2snnc2-c2ccccc2)c1. The molecule has 1 atom stereocenters. The monoisotopic (exact) mass is 383 g/mol. The highest BCUT2D eigenvalue weighted by Gasteiger charge is 2.15. The predicted octanol–water partition coefficient (Wildman–Crippen LogP) is 4.00. The number of β-amino-alcohol motifs (C(OH)–C–C–N with tert-alkyl or cyclic N) is 1. The van der Waals surface area contributed by atoms with Crippen LogP contribution >= 0.6 is 11.5 Å². The first kappa shape index (κ1) is 19.5. The van der Waals surface area contributed by atoms with Gasteiger partial charge in [0.1, 0.15) is 24.2 Å². The topological polar surface area (TPSA) is 67.3 Å². The molecule has 5 nitrogen and oxygen atoms in total. The Kier molecular flexibility index (Phi) is 6.21. The van der Waals surface area contributed by atoms with Gasteiger partial charge in [0.25, 0.3) is 0 Å². The quantitative estimate of drug-likeness (QED) is 0.645. The third kappa shape index (κ3) is 5.60. The molecule has 27 heavy (non-hydrogen) atoms. The molecule has 0 bridgehead atoms. The summed E-state index contributed by atoms with van der Waals surface area (Å²) in [6, 6.07) is 17.8. The van der Waals surface area contributed by atoms with E-state index in [1.165, 1.54) is 11.5 Å². The summed E-state index contributed by atoms with van der Waals surface area (Å²) >= 11 is 1.37. The molecule has 0 amide bonds. The summed E-state index contributed by atoms with van der Waals surface area (Å²) in [5.74, 6) is 0.717. The van der Waals surface area contributed by atoms with Crippen LogP contribution in [0.2, 0.25) is 0 Å². The van der Waals surface area contributed by atoms with Crippen LogP contribution in [0.4, 0.5) is 0 Å². The van der Waals surface area contributed by atoms with Gasteiger partial charge in [-0.1, -0.05) is 47.0 Å². The molecule has 6 heteroatoms. The first-order chi connectivity index (χ1) is 12.9. The highest BCUT2D eigenvalue weighted by Crippen LogP contribution is 2.34. The van der Waals surface area contributed by atoms with E-state index in [1.54, 1.807) is 0 Å². The molecule has 2 N–H and O–H groups in total. The fraction of sp³-hybridized carbons (Fsp3) is 0.333. The molecular formula is C21H25N3O2S. The van der Waals surface area contributed by atoms with Crippen LogP contribution in [0.25, 0.3) is 21.7 Å². The second-order valence-electron chi connectivity index (χ2n) is 7.44. The van der Waals surface area contributed by atoms with Crippen molar-refractivity contribution in [3.8, 4) is 27.4 Å². The second kappa shape index (κ2) is 8.61. The number of rotatable bonds is 7. The lowest BCUT2D eigenvalue weighted by molar-refractivity contribution is 0.100. The van der Waals surface area contributed by atoms with Crippen LogP contribution in [0.5, 0.6) is 5.75 Å². The van der Waals surface area contributed by atoms with Gasteiger partial charge in [-0.15, -0.1) is 5.10 Å². The minimum atomic E-state index is -0.571. The molecule has 2 aromatic carbocycles. The van der Waals surface area contributed by atoms with Gasteiger partial charge in [0.15, 0.2) is 0 Å². The average molecular weight is 384 g/mol. The van der Waals surface area contributed by atoms with Gasteiger partial charge in [-0.3, -0.25) is 0 Å². The summed E-state index contributed by atoms with van der Waals surface area (Å²) in [5.41, 5.74) is 2.88. The third-order valence-corrected chi connectivity index (χ3v) is 4.72. The van der Waals surface area contributed by atoms with E-state index in [-0.39, 0.29) is 12.1 Å². The Morgan fingerprint density at radius 2 is 1.81 bits per heavy atom. The zero-order valence-electron chi connectivity index (χ0n) is 15.8. The van der Waals surface area contributed by atoms with Crippen molar-refractivity contribution in [1.29, 1.82) is 0 Å². The lowest BCUT2D eigenvalue weighted by atomic mass is 10.1. The van der Waals surface area contributed by atoms with E-state index in [1.807, 2.05) is 54.6 Å². The largest absolute Gasteiger partial charge is 0.491 e. The van der Waals surface area contributed by atoms with Crippen LogP contribution in [-0.4, -0.2) is 39.5 Å². The van der Waals surface area contributed by atoms with Gasteiger partial charge in [-0.25, -0.2) is 0 Å². The summed E-state index contributed by atoms with van der Waals surface area (Å²) in [6.45, 7) is 6.92. The Hall–Kier alpha value is -2.28. The molecule has 3 aromatic rings. The summed E-state index contributed by atoms with van der Waals surface area (Å²) < 4.78 is 9.92. The Morgan fingerprint density at radius 3 is 2.56 bits per heavy atom. The maximum absolute atomic E-state index is 10.1. The van der Waals surface area contributed by atoms with Crippen molar-refractivity contribution in [3.63, 3.8) is 0 Å². The van der Waals surface area contributed by atoms with Gasteiger partial charge < -0.3 is 15.2 Å². The Bertz CT molecular complexity index is 859. The fourth-order valence-corrected chi connectivity index (χ4v) is 3.25. The molecular weight excluding hydrogens is 358 g/mol. The molecule has 1 aromatic heterocycles. The molecule has 0 saturated carbocycles. The fourth-order valence-electron chi connectivity index (χ4n) is 2.57. The molecule has 3 rings (SSSR count). The summed E-state index contributed by atoms with van der Waals surface area (Å²) in [5, 5.41) is 17.7. The molecule has 0 spiro atoms. The maximum Gasteiger partial charge on any atom is 0.120 e. The second-order valence-corrected chi connectivity index (χ2v) is 8.19. The number of aliphatic hydroxyl groups is 1. The molecule has 0 radical (unpaired) electrons. The Morgan fingerprint density at radius 1 is 1.07 bits per heavy atom. The van der Waals surface area contributed by atoms with Gasteiger partial charge in [0.2, 0.25) is 0 Å². The zero-order valence-corrected chi connectivity index (χ0v) is 16.7. The van der Waals surface area contributed by atoms with Crippen molar-refractivity contribution in [2.45, 2.75) is 32.4 Å². The summed E-state index contributed by atoms with van der Waals surface area (Å²) in [6.07, 6.45) is -0.571. The standard InChI is InChI=1S/C21H25N3O2S/c1-21(2,3)22-13-17(25)14-26-18-11-7-10-16(12-18)20-19(23-24-27-20)15-8-5-4-6-9-15/h4-12,17,22,25H,13-14H2,1-3H3. The van der Waals surface area contributed by atoms with Crippen LogP contribution in [0.1, 0.15) is 20.8 Å². The van der Waals surface area contributed by atoms with Crippen LogP contribution in [-0.2, 0) is 0 Å². The van der Waals surface area contributed by atoms with Gasteiger partial charge in [0, 0.05) is 17.6 Å². The minimum Gasteiger partial charge on any atom is -0.491 e. The molecule has 0 fully saturated rings. The zero-order chi connectivity index (χ0) is 19.3. The first-order valence-electron chi connectivity index (χ1n) is 8.96. The van der Waals surface area contributed by atoms with Crippen molar-refractivity contribution >= 4 is 11.5 Å². The molecule has 0 aliphatic carbocycles. The lowest BCUT2D eigenvalue weighted by Crippen LogP contribution is -2.42. The number of benzene rings is 2. The average Bonchev–Trinajstić information content (AvgIpc) is 3.15. The molecule has 0 saturated heterocycles.